The number of aromatic nitrogens is 5. The van der Waals surface area contributed by atoms with Gasteiger partial charge in [-0.25, -0.2) is 18.3 Å². The topological polar surface area (TPSA) is 109 Å². The first-order valence-electron chi connectivity index (χ1n) is 12.5. The minimum atomic E-state index is -2.82. The van der Waals surface area contributed by atoms with Crippen molar-refractivity contribution in [3.05, 3.63) is 35.9 Å². The number of fused-ring (bicyclic) bond motifs is 1. The first-order chi connectivity index (χ1) is 17.0. The number of nitrogens with one attached hydrogen (secondary N) is 2. The predicted molar refractivity (Wildman–Crippen MR) is 133 cm³/mol. The number of rotatable bonds is 9. The van der Waals surface area contributed by atoms with Crippen molar-refractivity contribution >= 4 is 23.1 Å². The quantitative estimate of drug-likeness (QED) is 0.376. The monoisotopic (exact) mass is 503 g/mol. The fourth-order valence-electron chi connectivity index (χ4n) is 4.70. The molecule has 9 nitrogen and oxygen atoms in total. The number of halogens is 2. The van der Waals surface area contributed by atoms with Gasteiger partial charge in [-0.3, -0.25) is 9.48 Å². The van der Waals surface area contributed by atoms with Crippen LogP contribution in [-0.2, 0) is 0 Å². The minimum absolute atomic E-state index is 0.000195. The Kier molecular flexibility index (Phi) is 7.58. The Morgan fingerprint density at radius 1 is 1.25 bits per heavy atom. The summed E-state index contributed by atoms with van der Waals surface area (Å²) in [5.41, 5.74) is -0.808. The first-order valence-corrected chi connectivity index (χ1v) is 12.5. The van der Waals surface area contributed by atoms with Crippen molar-refractivity contribution in [3.8, 4) is 0 Å². The molecule has 4 rings (SSSR count). The summed E-state index contributed by atoms with van der Waals surface area (Å²) in [4.78, 5) is 17.5. The summed E-state index contributed by atoms with van der Waals surface area (Å²) < 4.78 is 30.6. The molecule has 1 aliphatic rings. The number of anilines is 2. The lowest BCUT2D eigenvalue weighted by Crippen LogP contribution is -2.23. The molecule has 0 aromatic carbocycles. The van der Waals surface area contributed by atoms with Gasteiger partial charge in [-0.1, -0.05) is 13.8 Å². The van der Waals surface area contributed by atoms with E-state index in [-0.39, 0.29) is 17.3 Å². The number of carbonyl (C=O) groups is 1. The molecule has 0 unspecified atom stereocenters. The van der Waals surface area contributed by atoms with Crippen LogP contribution in [0.5, 0.6) is 0 Å². The summed E-state index contributed by atoms with van der Waals surface area (Å²) >= 11 is 0. The van der Waals surface area contributed by atoms with Gasteiger partial charge in [-0.15, -0.1) is 0 Å². The molecule has 3 N–H and O–H groups in total. The molecule has 11 heteroatoms. The minimum Gasteiger partial charge on any atom is -0.390 e. The second kappa shape index (κ2) is 10.5. The molecule has 0 bridgehead atoms. The van der Waals surface area contributed by atoms with Crippen molar-refractivity contribution < 1.29 is 18.7 Å². The molecule has 196 valence electrons. The van der Waals surface area contributed by atoms with Crippen LogP contribution in [0.4, 0.5) is 20.3 Å². The van der Waals surface area contributed by atoms with Crippen LogP contribution in [0, 0.1) is 11.8 Å². The largest absolute Gasteiger partial charge is 0.390 e. The van der Waals surface area contributed by atoms with E-state index in [9.17, 15) is 18.7 Å². The molecule has 3 heterocycles. The maximum Gasteiger partial charge on any atom is 0.284 e. The zero-order chi connectivity index (χ0) is 26.0. The van der Waals surface area contributed by atoms with Gasteiger partial charge < -0.3 is 15.7 Å². The molecule has 3 aromatic heterocycles. The number of hydrogen-bond acceptors (Lipinski definition) is 6. The Morgan fingerprint density at radius 3 is 2.61 bits per heavy atom. The van der Waals surface area contributed by atoms with E-state index in [1.807, 2.05) is 0 Å². The van der Waals surface area contributed by atoms with Gasteiger partial charge in [0, 0.05) is 18.9 Å². The molecule has 0 saturated heterocycles. The summed E-state index contributed by atoms with van der Waals surface area (Å²) in [7, 11) is 0. The van der Waals surface area contributed by atoms with Crippen molar-refractivity contribution in [2.45, 2.75) is 77.9 Å². The Labute approximate surface area is 209 Å². The Balaban J connectivity index is 1.50. The van der Waals surface area contributed by atoms with Crippen molar-refractivity contribution in [3.63, 3.8) is 0 Å². The molecule has 0 radical (unpaired) electrons. The third-order valence-electron chi connectivity index (χ3n) is 6.93. The molecule has 0 spiro atoms. The van der Waals surface area contributed by atoms with E-state index in [0.29, 0.717) is 36.3 Å². The lowest BCUT2D eigenvalue weighted by atomic mass is 9.80. The molecule has 3 aromatic rings. The maximum atomic E-state index is 13.8. The van der Waals surface area contributed by atoms with E-state index in [1.54, 1.807) is 30.8 Å². The summed E-state index contributed by atoms with van der Waals surface area (Å²) in [5.74, 6) is 1.17. The summed E-state index contributed by atoms with van der Waals surface area (Å²) in [6.07, 6.45) is 6.04. The Hall–Kier alpha value is -3.08. The van der Waals surface area contributed by atoms with E-state index < -0.39 is 23.6 Å². The fourth-order valence-corrected chi connectivity index (χ4v) is 4.70. The van der Waals surface area contributed by atoms with Crippen LogP contribution in [-0.4, -0.2) is 47.5 Å². The van der Waals surface area contributed by atoms with E-state index in [1.165, 1.54) is 16.9 Å². The molecular formula is C25H35F2N7O2. The average molecular weight is 504 g/mol. The van der Waals surface area contributed by atoms with Gasteiger partial charge in [-0.2, -0.15) is 10.2 Å². The van der Waals surface area contributed by atoms with Crippen molar-refractivity contribution in [1.82, 2.24) is 24.4 Å². The number of carbonyl (C=O) groups excluding carboxylic acids is 1. The standard InChI is InChI=1S/C25H35F2N7O2/c1-15(2)16-5-7-17(8-6-16)34-14-19(21(32-34)22(26)27)30-24(35)18-13-29-33-12-9-20(31-23(18)33)28-11-10-25(3,4)36/h9,12-17,22,36H,5-8,10-11H2,1-4H3,(H,28,31)(H,30,35)/t16-,17-. The number of hydrogen-bond donors (Lipinski definition) is 3. The molecule has 1 saturated carbocycles. The third-order valence-corrected chi connectivity index (χ3v) is 6.93. The molecule has 0 atom stereocenters. The molecule has 1 aliphatic carbocycles. The number of alkyl halides is 2. The molecule has 36 heavy (non-hydrogen) atoms. The van der Waals surface area contributed by atoms with Gasteiger partial charge in [-0.05, 0) is 63.9 Å². The summed E-state index contributed by atoms with van der Waals surface area (Å²) in [6.45, 7) is 8.35. The summed E-state index contributed by atoms with van der Waals surface area (Å²) in [5, 5.41) is 23.9. The van der Waals surface area contributed by atoms with Crippen LogP contribution in [0.25, 0.3) is 5.65 Å². The van der Waals surface area contributed by atoms with E-state index in [2.05, 4.69) is 39.7 Å². The van der Waals surface area contributed by atoms with E-state index >= 15 is 0 Å². The van der Waals surface area contributed by atoms with Gasteiger partial charge in [0.05, 0.1) is 23.5 Å². The third kappa shape index (κ3) is 6.00. The van der Waals surface area contributed by atoms with Crippen LogP contribution in [0.2, 0.25) is 0 Å². The summed E-state index contributed by atoms with van der Waals surface area (Å²) in [6, 6.07) is 1.75. The lowest BCUT2D eigenvalue weighted by molar-refractivity contribution is 0.0748. The van der Waals surface area contributed by atoms with Gasteiger partial charge >= 0.3 is 0 Å². The van der Waals surface area contributed by atoms with Crippen molar-refractivity contribution in [2.75, 3.05) is 17.2 Å². The highest BCUT2D eigenvalue weighted by Gasteiger charge is 2.28. The van der Waals surface area contributed by atoms with Crippen LogP contribution in [0.15, 0.2) is 24.7 Å². The zero-order valence-electron chi connectivity index (χ0n) is 21.2. The normalized spacial score (nSPS) is 18.8. The van der Waals surface area contributed by atoms with E-state index in [0.717, 1.165) is 25.7 Å². The number of aliphatic hydroxyl groups is 1. The second-order valence-electron chi connectivity index (χ2n) is 10.6. The first kappa shape index (κ1) is 26.0. The van der Waals surface area contributed by atoms with Gasteiger partial charge in [0.25, 0.3) is 12.3 Å². The van der Waals surface area contributed by atoms with Crippen LogP contribution >= 0.6 is 0 Å². The molecule has 1 fully saturated rings. The van der Waals surface area contributed by atoms with Crippen LogP contribution in [0.3, 0.4) is 0 Å². The smallest absolute Gasteiger partial charge is 0.284 e. The van der Waals surface area contributed by atoms with E-state index in [4.69, 9.17) is 0 Å². The van der Waals surface area contributed by atoms with Crippen molar-refractivity contribution in [2.24, 2.45) is 11.8 Å². The Bertz CT molecular complexity index is 1190. The highest BCUT2D eigenvalue weighted by Crippen LogP contribution is 2.37. The number of amides is 1. The number of nitrogens with zero attached hydrogens (tertiary/aromatic N) is 5. The fraction of sp³-hybridized carbons (Fsp3) is 0.600. The second-order valence-corrected chi connectivity index (χ2v) is 10.6. The highest BCUT2D eigenvalue weighted by molar-refractivity contribution is 6.08. The Morgan fingerprint density at radius 2 is 1.97 bits per heavy atom. The average Bonchev–Trinajstić information content (AvgIpc) is 3.42. The SMILES string of the molecule is CC(C)[C@H]1CC[C@H](n2cc(NC(=O)c3cnn4ccc(NCCC(C)(C)O)nc34)c(C(F)F)n2)CC1. The highest BCUT2D eigenvalue weighted by atomic mass is 19.3. The molecule has 0 aliphatic heterocycles. The van der Waals surface area contributed by atoms with Gasteiger partial charge in [0.2, 0.25) is 0 Å². The van der Waals surface area contributed by atoms with Crippen molar-refractivity contribution in [1.29, 1.82) is 0 Å². The maximum absolute atomic E-state index is 13.8. The predicted octanol–water partition coefficient (Wildman–Crippen LogP) is 5.08. The zero-order valence-corrected chi connectivity index (χ0v) is 21.2. The van der Waals surface area contributed by atoms with Crippen LogP contribution < -0.4 is 10.6 Å². The molecule has 1 amide bonds. The molecular weight excluding hydrogens is 468 g/mol. The van der Waals surface area contributed by atoms with Gasteiger partial charge in [0.15, 0.2) is 11.3 Å². The van der Waals surface area contributed by atoms with Gasteiger partial charge in [0.1, 0.15) is 11.4 Å². The van der Waals surface area contributed by atoms with Crippen LogP contribution in [0.1, 0.15) is 88.3 Å². The lowest BCUT2D eigenvalue weighted by Gasteiger charge is -2.30.